The maximum Gasteiger partial charge on any atom is 0.387 e. The van der Waals surface area contributed by atoms with Crippen LogP contribution in [0.25, 0.3) is 0 Å². The molecule has 1 heterocycles. The fourth-order valence-electron chi connectivity index (χ4n) is 2.18. The van der Waals surface area contributed by atoms with Crippen molar-refractivity contribution in [3.8, 4) is 5.75 Å². The van der Waals surface area contributed by atoms with Crippen molar-refractivity contribution in [2.45, 2.75) is 26.5 Å². The van der Waals surface area contributed by atoms with Crippen LogP contribution >= 0.6 is 11.3 Å². The highest BCUT2D eigenvalue weighted by atomic mass is 32.1. The molecular formula is C18H20F2N2O3S. The average molecular weight is 382 g/mol. The van der Waals surface area contributed by atoms with Gasteiger partial charge in [-0.1, -0.05) is 25.1 Å². The highest BCUT2D eigenvalue weighted by Crippen LogP contribution is 2.25. The van der Waals surface area contributed by atoms with Gasteiger partial charge in [-0.25, -0.2) is 0 Å². The molecule has 0 aliphatic heterocycles. The SMILES string of the molecule is CC(C)C(NC(=O)CO/N=C/c1ccc(OC(F)F)cc1)c1cccs1. The number of halogens is 2. The van der Waals surface area contributed by atoms with Crippen LogP contribution in [0.15, 0.2) is 46.9 Å². The zero-order chi connectivity index (χ0) is 18.9. The number of amides is 1. The van der Waals surface area contributed by atoms with E-state index in [1.54, 1.807) is 23.5 Å². The largest absolute Gasteiger partial charge is 0.435 e. The van der Waals surface area contributed by atoms with Gasteiger partial charge in [0.25, 0.3) is 5.91 Å². The molecule has 0 aliphatic rings. The Bertz CT molecular complexity index is 704. The van der Waals surface area contributed by atoms with Crippen molar-refractivity contribution in [3.05, 3.63) is 52.2 Å². The summed E-state index contributed by atoms with van der Waals surface area (Å²) >= 11 is 1.59. The summed E-state index contributed by atoms with van der Waals surface area (Å²) in [5, 5.41) is 8.61. The van der Waals surface area contributed by atoms with E-state index in [4.69, 9.17) is 4.84 Å². The molecule has 1 amide bonds. The number of hydrogen-bond donors (Lipinski definition) is 1. The monoisotopic (exact) mass is 382 g/mol. The lowest BCUT2D eigenvalue weighted by molar-refractivity contribution is -0.126. The summed E-state index contributed by atoms with van der Waals surface area (Å²) in [5.41, 5.74) is 0.630. The van der Waals surface area contributed by atoms with Crippen molar-refractivity contribution in [2.24, 2.45) is 11.1 Å². The number of rotatable bonds is 9. The standard InChI is InChI=1S/C18H20F2N2O3S/c1-12(2)17(15-4-3-9-26-15)22-16(23)11-24-21-10-13-5-7-14(8-6-13)25-18(19)20/h3-10,12,17-18H,11H2,1-2H3,(H,22,23)/b21-10+. The topological polar surface area (TPSA) is 59.9 Å². The first kappa shape index (κ1) is 19.8. The Hall–Kier alpha value is -2.48. The number of nitrogens with one attached hydrogen (secondary N) is 1. The van der Waals surface area contributed by atoms with E-state index in [1.165, 1.54) is 18.3 Å². The predicted molar refractivity (Wildman–Crippen MR) is 96.7 cm³/mol. The summed E-state index contributed by atoms with van der Waals surface area (Å²) < 4.78 is 28.4. The minimum atomic E-state index is -2.86. The van der Waals surface area contributed by atoms with Crippen LogP contribution in [0.4, 0.5) is 8.78 Å². The highest BCUT2D eigenvalue weighted by molar-refractivity contribution is 7.10. The van der Waals surface area contributed by atoms with E-state index in [1.807, 2.05) is 31.4 Å². The number of benzene rings is 1. The van der Waals surface area contributed by atoms with E-state index >= 15 is 0 Å². The van der Waals surface area contributed by atoms with Crippen molar-refractivity contribution < 1.29 is 23.1 Å². The number of oxime groups is 1. The lowest BCUT2D eigenvalue weighted by Gasteiger charge is -2.20. The summed E-state index contributed by atoms with van der Waals surface area (Å²) in [4.78, 5) is 18.1. The van der Waals surface area contributed by atoms with Crippen molar-refractivity contribution in [1.82, 2.24) is 5.32 Å². The number of thiophene rings is 1. The quantitative estimate of drug-likeness (QED) is 0.522. The molecule has 8 heteroatoms. The number of nitrogens with zero attached hydrogens (tertiary/aromatic N) is 1. The molecule has 0 bridgehead atoms. The second kappa shape index (κ2) is 9.86. The Morgan fingerprint density at radius 1 is 1.27 bits per heavy atom. The molecule has 140 valence electrons. The first-order valence-corrected chi connectivity index (χ1v) is 8.86. The molecule has 1 aromatic carbocycles. The molecule has 0 spiro atoms. The molecular weight excluding hydrogens is 362 g/mol. The maximum atomic E-state index is 12.1. The Morgan fingerprint density at radius 3 is 2.58 bits per heavy atom. The number of alkyl halides is 2. The first-order valence-electron chi connectivity index (χ1n) is 7.98. The molecule has 1 unspecified atom stereocenters. The Kier molecular flexibility index (Phi) is 7.53. The summed E-state index contributed by atoms with van der Waals surface area (Å²) in [7, 11) is 0. The van der Waals surface area contributed by atoms with Gasteiger partial charge >= 0.3 is 6.61 Å². The zero-order valence-electron chi connectivity index (χ0n) is 14.4. The van der Waals surface area contributed by atoms with Crippen molar-refractivity contribution in [3.63, 3.8) is 0 Å². The Morgan fingerprint density at radius 2 is 2.00 bits per heavy atom. The molecule has 0 aliphatic carbocycles. The third-order valence-electron chi connectivity index (χ3n) is 3.41. The van der Waals surface area contributed by atoms with Gasteiger partial charge in [0.15, 0.2) is 6.61 Å². The van der Waals surface area contributed by atoms with E-state index in [9.17, 15) is 13.6 Å². The molecule has 0 radical (unpaired) electrons. The maximum absolute atomic E-state index is 12.1. The first-order chi connectivity index (χ1) is 12.5. The van der Waals surface area contributed by atoms with Gasteiger partial charge in [-0.05, 0) is 47.2 Å². The molecule has 0 fully saturated rings. The van der Waals surface area contributed by atoms with Crippen molar-refractivity contribution >= 4 is 23.5 Å². The third kappa shape index (κ3) is 6.44. The van der Waals surface area contributed by atoms with Crippen molar-refractivity contribution in [2.75, 3.05) is 6.61 Å². The van der Waals surface area contributed by atoms with Crippen LogP contribution in [0.1, 0.15) is 30.3 Å². The molecule has 0 saturated heterocycles. The van der Waals surface area contributed by atoms with Crippen LogP contribution in [-0.4, -0.2) is 25.3 Å². The van der Waals surface area contributed by atoms with Gasteiger partial charge in [0.1, 0.15) is 5.75 Å². The van der Waals surface area contributed by atoms with Gasteiger partial charge in [-0.3, -0.25) is 4.79 Å². The van der Waals surface area contributed by atoms with Crippen LogP contribution < -0.4 is 10.1 Å². The second-order valence-electron chi connectivity index (χ2n) is 5.76. The van der Waals surface area contributed by atoms with E-state index in [-0.39, 0.29) is 30.2 Å². The van der Waals surface area contributed by atoms with Gasteiger partial charge in [-0.2, -0.15) is 8.78 Å². The van der Waals surface area contributed by atoms with Crippen LogP contribution in [0.5, 0.6) is 5.75 Å². The molecule has 0 saturated carbocycles. The van der Waals surface area contributed by atoms with E-state index < -0.39 is 6.61 Å². The number of ether oxygens (including phenoxy) is 1. The minimum Gasteiger partial charge on any atom is -0.435 e. The minimum absolute atomic E-state index is 0.0609. The van der Waals surface area contributed by atoms with Crippen LogP contribution in [-0.2, 0) is 9.63 Å². The third-order valence-corrected chi connectivity index (χ3v) is 4.37. The number of carbonyl (C=O) groups is 1. The summed E-state index contributed by atoms with van der Waals surface area (Å²) in [6.07, 6.45) is 1.39. The lowest BCUT2D eigenvalue weighted by atomic mass is 10.0. The fourth-order valence-corrected chi connectivity index (χ4v) is 3.13. The molecule has 2 rings (SSSR count). The van der Waals surface area contributed by atoms with Crippen LogP contribution in [0.3, 0.4) is 0 Å². The fraction of sp³-hybridized carbons (Fsp3) is 0.333. The van der Waals surface area contributed by atoms with E-state index in [0.717, 1.165) is 4.88 Å². The summed E-state index contributed by atoms with van der Waals surface area (Å²) in [6.45, 7) is 0.994. The average Bonchev–Trinajstić information content (AvgIpc) is 3.11. The highest BCUT2D eigenvalue weighted by Gasteiger charge is 2.19. The molecule has 5 nitrogen and oxygen atoms in total. The molecule has 26 heavy (non-hydrogen) atoms. The smallest absolute Gasteiger partial charge is 0.387 e. The van der Waals surface area contributed by atoms with E-state index in [2.05, 4.69) is 15.2 Å². The second-order valence-corrected chi connectivity index (χ2v) is 6.74. The Balaban J connectivity index is 1.79. The van der Waals surface area contributed by atoms with Gasteiger partial charge in [0.05, 0.1) is 12.3 Å². The summed E-state index contributed by atoms with van der Waals surface area (Å²) in [6, 6.07) is 9.75. The molecule has 2 aromatic rings. The molecule has 1 aromatic heterocycles. The van der Waals surface area contributed by atoms with Gasteiger partial charge in [-0.15, -0.1) is 11.3 Å². The molecule has 1 N–H and O–H groups in total. The Labute approximate surface area is 154 Å². The van der Waals surface area contributed by atoms with Gasteiger partial charge in [0, 0.05) is 4.88 Å². The van der Waals surface area contributed by atoms with E-state index in [0.29, 0.717) is 5.56 Å². The number of carbonyl (C=O) groups excluding carboxylic acids is 1. The van der Waals surface area contributed by atoms with Gasteiger partial charge in [0.2, 0.25) is 0 Å². The predicted octanol–water partition coefficient (Wildman–Crippen LogP) is 4.21. The van der Waals surface area contributed by atoms with Gasteiger partial charge < -0.3 is 14.9 Å². The van der Waals surface area contributed by atoms with Crippen LogP contribution in [0, 0.1) is 5.92 Å². The molecule has 1 atom stereocenters. The zero-order valence-corrected chi connectivity index (χ0v) is 15.2. The van der Waals surface area contributed by atoms with Crippen molar-refractivity contribution in [1.29, 1.82) is 0 Å². The summed E-state index contributed by atoms with van der Waals surface area (Å²) in [5.74, 6) is 0.0377. The lowest BCUT2D eigenvalue weighted by Crippen LogP contribution is -2.33. The normalized spacial score (nSPS) is 12.5. The van der Waals surface area contributed by atoms with Crippen LogP contribution in [0.2, 0.25) is 0 Å². The number of hydrogen-bond acceptors (Lipinski definition) is 5.